The molecule has 9 heteroatoms. The fourth-order valence-electron chi connectivity index (χ4n) is 2.78. The van der Waals surface area contributed by atoms with Gasteiger partial charge < -0.3 is 20.6 Å². The first-order valence-corrected chi connectivity index (χ1v) is 9.41. The van der Waals surface area contributed by atoms with Gasteiger partial charge in [-0.1, -0.05) is 35.3 Å². The Balaban J connectivity index is 1.63. The van der Waals surface area contributed by atoms with Crippen molar-refractivity contribution in [3.05, 3.63) is 51.3 Å². The molecule has 3 rings (SSSR count). The second kappa shape index (κ2) is 8.73. The molecule has 144 valence electrons. The number of aliphatic hydroxyl groups is 1. The molecule has 0 bridgehead atoms. The average molecular weight is 410 g/mol. The largest absolute Gasteiger partial charge is 0.394 e. The van der Waals surface area contributed by atoms with Gasteiger partial charge in [0.25, 0.3) is 0 Å². The molecule has 7 nitrogen and oxygen atoms in total. The van der Waals surface area contributed by atoms with Crippen LogP contribution in [0.3, 0.4) is 0 Å². The minimum atomic E-state index is -0.187. The van der Waals surface area contributed by atoms with E-state index in [-0.39, 0.29) is 18.7 Å². The predicted octanol–water partition coefficient (Wildman–Crippen LogP) is 2.84. The Morgan fingerprint density at radius 2 is 2.22 bits per heavy atom. The third-order valence-electron chi connectivity index (χ3n) is 4.34. The van der Waals surface area contributed by atoms with Crippen LogP contribution in [0.2, 0.25) is 10.0 Å². The zero-order valence-electron chi connectivity index (χ0n) is 14.9. The van der Waals surface area contributed by atoms with Crippen LogP contribution in [0.25, 0.3) is 0 Å². The number of benzene rings is 1. The van der Waals surface area contributed by atoms with Crippen LogP contribution in [-0.4, -0.2) is 45.2 Å². The van der Waals surface area contributed by atoms with Gasteiger partial charge in [-0.25, -0.2) is 14.8 Å². The summed E-state index contributed by atoms with van der Waals surface area (Å²) < 4.78 is 0. The van der Waals surface area contributed by atoms with Crippen LogP contribution in [0.15, 0.2) is 24.4 Å². The Morgan fingerprint density at radius 1 is 1.41 bits per heavy atom. The van der Waals surface area contributed by atoms with Gasteiger partial charge in [-0.15, -0.1) is 0 Å². The van der Waals surface area contributed by atoms with Crippen molar-refractivity contribution in [2.75, 3.05) is 18.5 Å². The lowest BCUT2D eigenvalue weighted by Gasteiger charge is -2.28. The first-order valence-electron chi connectivity index (χ1n) is 8.65. The molecule has 0 saturated heterocycles. The van der Waals surface area contributed by atoms with Crippen molar-refractivity contribution < 1.29 is 9.90 Å². The van der Waals surface area contributed by atoms with E-state index in [4.69, 9.17) is 28.3 Å². The highest BCUT2D eigenvalue weighted by atomic mass is 35.5. The number of carbonyl (C=O) groups is 1. The molecule has 0 radical (unpaired) electrons. The van der Waals surface area contributed by atoms with E-state index in [1.54, 1.807) is 23.2 Å². The third-order valence-corrected chi connectivity index (χ3v) is 5.20. The lowest BCUT2D eigenvalue weighted by Crippen LogP contribution is -2.43. The molecule has 27 heavy (non-hydrogen) atoms. The highest BCUT2D eigenvalue weighted by Gasteiger charge is 2.22. The zero-order valence-corrected chi connectivity index (χ0v) is 16.4. The summed E-state index contributed by atoms with van der Waals surface area (Å²) in [5.41, 5.74) is 2.60. The fourth-order valence-corrected chi connectivity index (χ4v) is 3.17. The Morgan fingerprint density at radius 3 is 3.00 bits per heavy atom. The number of carbonyl (C=O) groups excluding carboxylic acids is 1. The minimum absolute atomic E-state index is 0.0129. The van der Waals surface area contributed by atoms with E-state index in [2.05, 4.69) is 20.6 Å². The number of amides is 2. The normalized spacial score (nSPS) is 14.4. The topological polar surface area (TPSA) is 90.4 Å². The Bertz CT molecular complexity index is 833. The van der Waals surface area contributed by atoms with Gasteiger partial charge in [0.05, 0.1) is 28.9 Å². The molecule has 2 amide bonds. The van der Waals surface area contributed by atoms with Gasteiger partial charge in [0.1, 0.15) is 0 Å². The van der Waals surface area contributed by atoms with Crippen LogP contribution in [0.5, 0.6) is 0 Å². The van der Waals surface area contributed by atoms with Gasteiger partial charge in [-0.2, -0.15) is 0 Å². The molecule has 0 aliphatic carbocycles. The second-order valence-electron chi connectivity index (χ2n) is 6.44. The van der Waals surface area contributed by atoms with Gasteiger partial charge in [-0.3, -0.25) is 0 Å². The van der Waals surface area contributed by atoms with Crippen molar-refractivity contribution in [3.8, 4) is 0 Å². The summed E-state index contributed by atoms with van der Waals surface area (Å²) in [6.07, 6.45) is 2.46. The molecule has 0 saturated carbocycles. The summed E-state index contributed by atoms with van der Waals surface area (Å²) >= 11 is 12.2. The number of nitrogens with zero attached hydrogens (tertiary/aromatic N) is 3. The summed E-state index contributed by atoms with van der Waals surface area (Å²) in [5, 5.41) is 16.0. The smallest absolute Gasteiger partial charge is 0.318 e. The molecule has 1 aliphatic rings. The molecule has 2 heterocycles. The number of aromatic nitrogens is 2. The Kier molecular flexibility index (Phi) is 6.36. The van der Waals surface area contributed by atoms with Crippen LogP contribution in [0.1, 0.15) is 23.7 Å². The first-order chi connectivity index (χ1) is 13.0. The monoisotopic (exact) mass is 409 g/mol. The molecule has 2 aromatic rings. The van der Waals surface area contributed by atoms with E-state index in [0.29, 0.717) is 42.0 Å². The zero-order chi connectivity index (χ0) is 19.4. The van der Waals surface area contributed by atoms with E-state index in [9.17, 15) is 4.79 Å². The van der Waals surface area contributed by atoms with Crippen LogP contribution in [0, 0.1) is 0 Å². The quantitative estimate of drug-likeness (QED) is 0.705. The number of hydrogen-bond acceptors (Lipinski definition) is 5. The van der Waals surface area contributed by atoms with E-state index >= 15 is 0 Å². The number of hydrogen-bond donors (Lipinski definition) is 3. The first kappa shape index (κ1) is 19.7. The molecule has 1 aliphatic heterocycles. The molecular weight excluding hydrogens is 389 g/mol. The molecule has 1 aromatic carbocycles. The van der Waals surface area contributed by atoms with Crippen molar-refractivity contribution in [3.63, 3.8) is 0 Å². The highest BCUT2D eigenvalue weighted by molar-refractivity contribution is 6.42. The van der Waals surface area contributed by atoms with Crippen molar-refractivity contribution in [2.45, 2.75) is 32.5 Å². The summed E-state index contributed by atoms with van der Waals surface area (Å²) in [5.74, 6) is 0.447. The van der Waals surface area contributed by atoms with Crippen LogP contribution >= 0.6 is 23.2 Å². The maximum Gasteiger partial charge on any atom is 0.318 e. The number of anilines is 1. The third kappa shape index (κ3) is 4.80. The standard InChI is InChI=1S/C18H21Cl2N5O2/c1-11(10-26)23-17-21-7-12-5-6-25(9-15(12)24-17)18(27)22-8-13-3-2-4-14(19)16(13)20/h2-4,7,11,26H,5-6,8-10H2,1H3,(H,22,27)(H,21,23,24)/t11-/m0/s1. The van der Waals surface area contributed by atoms with E-state index in [1.807, 2.05) is 13.0 Å². The summed E-state index contributed by atoms with van der Waals surface area (Å²) in [6, 6.07) is 5.00. The van der Waals surface area contributed by atoms with Crippen molar-refractivity contribution in [1.29, 1.82) is 0 Å². The van der Waals surface area contributed by atoms with Crippen LogP contribution < -0.4 is 10.6 Å². The fraction of sp³-hybridized carbons (Fsp3) is 0.389. The molecular formula is C18H21Cl2N5O2. The molecule has 3 N–H and O–H groups in total. The van der Waals surface area contributed by atoms with E-state index in [1.165, 1.54) is 0 Å². The molecule has 1 atom stereocenters. The summed E-state index contributed by atoms with van der Waals surface area (Å²) in [4.78, 5) is 23.0. The lowest BCUT2D eigenvalue weighted by molar-refractivity contribution is 0.191. The maximum absolute atomic E-state index is 12.5. The predicted molar refractivity (Wildman–Crippen MR) is 105 cm³/mol. The number of aliphatic hydroxyl groups excluding tert-OH is 1. The summed E-state index contributed by atoms with van der Waals surface area (Å²) in [6.45, 7) is 3.11. The van der Waals surface area contributed by atoms with Crippen LogP contribution in [-0.2, 0) is 19.5 Å². The van der Waals surface area contributed by atoms with Crippen molar-refractivity contribution in [2.24, 2.45) is 0 Å². The lowest BCUT2D eigenvalue weighted by atomic mass is 10.1. The Hall–Kier alpha value is -2.09. The van der Waals surface area contributed by atoms with E-state index in [0.717, 1.165) is 16.8 Å². The van der Waals surface area contributed by atoms with Crippen LogP contribution in [0.4, 0.5) is 10.7 Å². The Labute approximate surface area is 167 Å². The van der Waals surface area contributed by atoms with Gasteiger partial charge >= 0.3 is 6.03 Å². The van der Waals surface area contributed by atoms with Gasteiger partial charge in [-0.05, 0) is 30.5 Å². The summed E-state index contributed by atoms with van der Waals surface area (Å²) in [7, 11) is 0. The average Bonchev–Trinajstić information content (AvgIpc) is 2.68. The number of rotatable bonds is 5. The number of urea groups is 1. The number of halogens is 2. The van der Waals surface area contributed by atoms with Crippen molar-refractivity contribution >= 4 is 35.2 Å². The molecule has 0 unspecified atom stereocenters. The molecule has 0 spiro atoms. The second-order valence-corrected chi connectivity index (χ2v) is 7.22. The van der Waals surface area contributed by atoms with Gasteiger partial charge in [0.2, 0.25) is 5.95 Å². The maximum atomic E-state index is 12.5. The molecule has 1 aromatic heterocycles. The van der Waals surface area contributed by atoms with Crippen molar-refractivity contribution in [1.82, 2.24) is 20.2 Å². The SMILES string of the molecule is C[C@@H](CO)Nc1ncc2c(n1)CN(C(=O)NCc1cccc(Cl)c1Cl)CC2. The molecule has 0 fully saturated rings. The number of nitrogens with one attached hydrogen (secondary N) is 2. The minimum Gasteiger partial charge on any atom is -0.394 e. The highest BCUT2D eigenvalue weighted by Crippen LogP contribution is 2.25. The van der Waals surface area contributed by atoms with E-state index < -0.39 is 0 Å². The van der Waals surface area contributed by atoms with Gasteiger partial charge in [0, 0.05) is 25.3 Å². The van der Waals surface area contributed by atoms with Gasteiger partial charge in [0.15, 0.2) is 0 Å². The number of fused-ring (bicyclic) bond motifs is 1.